The van der Waals surface area contributed by atoms with Crippen molar-refractivity contribution in [3.8, 4) is 0 Å². The molecule has 0 aromatic carbocycles. The first-order valence-electron chi connectivity index (χ1n) is 6.81. The Hall–Kier alpha value is -0.450. The number of thiazole rings is 1. The van der Waals surface area contributed by atoms with Crippen LogP contribution in [0.1, 0.15) is 52.2 Å². The molecule has 1 unspecified atom stereocenters. The van der Waals surface area contributed by atoms with Crippen LogP contribution in [-0.4, -0.2) is 34.7 Å². The van der Waals surface area contributed by atoms with Gasteiger partial charge in [0.15, 0.2) is 0 Å². The number of aliphatic hydroxyl groups is 1. The number of rotatable bonds is 4. The zero-order valence-corrected chi connectivity index (χ0v) is 14.1. The van der Waals surface area contributed by atoms with Crippen LogP contribution in [0, 0.1) is 5.41 Å². The predicted octanol–water partition coefficient (Wildman–Crippen LogP) is 3.28. The van der Waals surface area contributed by atoms with E-state index in [4.69, 9.17) is 4.98 Å². The van der Waals surface area contributed by atoms with Crippen molar-refractivity contribution in [1.82, 2.24) is 9.88 Å². The van der Waals surface area contributed by atoms with E-state index >= 15 is 0 Å². The zero-order chi connectivity index (χ0) is 14.8. The molecule has 0 aliphatic rings. The Labute approximate surface area is 121 Å². The van der Waals surface area contributed by atoms with Crippen LogP contribution in [0.25, 0.3) is 0 Å². The summed E-state index contributed by atoms with van der Waals surface area (Å²) in [5, 5.41) is 12.9. The Balaban J connectivity index is 2.77. The van der Waals surface area contributed by atoms with Crippen LogP contribution < -0.4 is 0 Å². The summed E-state index contributed by atoms with van der Waals surface area (Å²) in [6.45, 7) is 14.0. The van der Waals surface area contributed by atoms with Gasteiger partial charge < -0.3 is 5.11 Å². The lowest BCUT2D eigenvalue weighted by Gasteiger charge is -2.36. The van der Waals surface area contributed by atoms with Crippen LogP contribution in [0.5, 0.6) is 0 Å². The highest BCUT2D eigenvalue weighted by Crippen LogP contribution is 2.28. The lowest BCUT2D eigenvalue weighted by atomic mass is 9.86. The molecule has 1 aromatic heterocycles. The molecule has 0 spiro atoms. The maximum atomic E-state index is 9.59. The van der Waals surface area contributed by atoms with Gasteiger partial charge >= 0.3 is 0 Å². The fourth-order valence-electron chi connectivity index (χ4n) is 2.16. The van der Waals surface area contributed by atoms with E-state index in [9.17, 15) is 5.11 Å². The standard InChI is InChI=1S/C15H28N2OS/c1-14(2,3)12(9-18)17(7)8-11-10-19-13(16-11)15(4,5)6/h10,12,18H,8-9H2,1-7H3. The normalized spacial score (nSPS) is 15.0. The molecular weight excluding hydrogens is 256 g/mol. The highest BCUT2D eigenvalue weighted by Gasteiger charge is 2.28. The molecule has 0 aliphatic carbocycles. The summed E-state index contributed by atoms with van der Waals surface area (Å²) >= 11 is 1.73. The van der Waals surface area contributed by atoms with Gasteiger partial charge in [0, 0.05) is 23.4 Å². The second-order valence-corrected chi connectivity index (χ2v) is 8.23. The van der Waals surface area contributed by atoms with Crippen LogP contribution in [0.3, 0.4) is 0 Å². The van der Waals surface area contributed by atoms with E-state index in [1.807, 2.05) is 0 Å². The number of nitrogens with zero attached hydrogens (tertiary/aromatic N) is 2. The first kappa shape index (κ1) is 16.6. The summed E-state index contributed by atoms with van der Waals surface area (Å²) in [5.74, 6) is 0. The molecular formula is C15H28N2OS. The molecule has 0 aliphatic heterocycles. The van der Waals surface area contributed by atoms with E-state index in [1.54, 1.807) is 11.3 Å². The molecule has 1 heterocycles. The third kappa shape index (κ3) is 4.55. The van der Waals surface area contributed by atoms with Gasteiger partial charge in [-0.1, -0.05) is 41.5 Å². The van der Waals surface area contributed by atoms with Crippen molar-refractivity contribution in [3.63, 3.8) is 0 Å². The molecule has 1 aromatic rings. The van der Waals surface area contributed by atoms with Crippen molar-refractivity contribution in [1.29, 1.82) is 0 Å². The first-order valence-corrected chi connectivity index (χ1v) is 7.69. The van der Waals surface area contributed by atoms with E-state index in [1.165, 1.54) is 5.01 Å². The van der Waals surface area contributed by atoms with Crippen LogP contribution in [0.2, 0.25) is 0 Å². The number of hydrogen-bond donors (Lipinski definition) is 1. The van der Waals surface area contributed by atoms with Crippen molar-refractivity contribution < 1.29 is 5.11 Å². The van der Waals surface area contributed by atoms with Crippen LogP contribution in [-0.2, 0) is 12.0 Å². The second kappa shape index (κ2) is 5.90. The molecule has 19 heavy (non-hydrogen) atoms. The monoisotopic (exact) mass is 284 g/mol. The van der Waals surface area contributed by atoms with Crippen molar-refractivity contribution in [2.45, 2.75) is 59.5 Å². The fraction of sp³-hybridized carbons (Fsp3) is 0.800. The van der Waals surface area contributed by atoms with Crippen molar-refractivity contribution in [3.05, 3.63) is 16.1 Å². The highest BCUT2D eigenvalue weighted by atomic mass is 32.1. The Morgan fingerprint density at radius 2 is 1.84 bits per heavy atom. The number of hydrogen-bond acceptors (Lipinski definition) is 4. The van der Waals surface area contributed by atoms with E-state index in [0.29, 0.717) is 0 Å². The van der Waals surface area contributed by atoms with E-state index < -0.39 is 0 Å². The highest BCUT2D eigenvalue weighted by molar-refractivity contribution is 7.09. The van der Waals surface area contributed by atoms with Crippen molar-refractivity contribution in [2.75, 3.05) is 13.7 Å². The Morgan fingerprint density at radius 3 is 2.21 bits per heavy atom. The van der Waals surface area contributed by atoms with Gasteiger partial charge in [-0.15, -0.1) is 11.3 Å². The minimum atomic E-state index is 0.0619. The maximum absolute atomic E-state index is 9.59. The summed E-state index contributed by atoms with van der Waals surface area (Å²) in [7, 11) is 2.06. The van der Waals surface area contributed by atoms with E-state index in [-0.39, 0.29) is 23.5 Å². The molecule has 3 nitrogen and oxygen atoms in total. The summed E-state index contributed by atoms with van der Waals surface area (Å²) in [6.07, 6.45) is 0. The fourth-order valence-corrected chi connectivity index (χ4v) is 3.06. The van der Waals surface area contributed by atoms with Gasteiger partial charge in [0.05, 0.1) is 17.3 Å². The maximum Gasteiger partial charge on any atom is 0.0982 e. The number of likely N-dealkylation sites (N-methyl/N-ethyl adjacent to an activating group) is 1. The molecule has 110 valence electrons. The molecule has 1 N–H and O–H groups in total. The average molecular weight is 284 g/mol. The summed E-state index contributed by atoms with van der Waals surface area (Å²) in [5.41, 5.74) is 1.27. The van der Waals surface area contributed by atoms with Gasteiger partial charge in [0.1, 0.15) is 0 Å². The van der Waals surface area contributed by atoms with Gasteiger partial charge in [-0.25, -0.2) is 4.98 Å². The molecule has 4 heteroatoms. The Morgan fingerprint density at radius 1 is 1.26 bits per heavy atom. The Bertz CT molecular complexity index is 401. The van der Waals surface area contributed by atoms with Crippen LogP contribution in [0.15, 0.2) is 5.38 Å². The lowest BCUT2D eigenvalue weighted by Crippen LogP contribution is -2.44. The van der Waals surface area contributed by atoms with Gasteiger partial charge in [0.25, 0.3) is 0 Å². The SMILES string of the molecule is CN(Cc1csc(C(C)(C)C)n1)C(CO)C(C)(C)C. The molecule has 0 saturated carbocycles. The predicted molar refractivity (Wildman–Crippen MR) is 82.6 cm³/mol. The molecule has 0 saturated heterocycles. The average Bonchev–Trinajstić information content (AvgIpc) is 2.63. The first-order chi connectivity index (χ1) is 8.55. The molecule has 0 bridgehead atoms. The Kier molecular flexibility index (Phi) is 5.15. The van der Waals surface area contributed by atoms with Crippen molar-refractivity contribution >= 4 is 11.3 Å². The van der Waals surface area contributed by atoms with Gasteiger partial charge in [-0.3, -0.25) is 4.90 Å². The minimum absolute atomic E-state index is 0.0619. The minimum Gasteiger partial charge on any atom is -0.395 e. The topological polar surface area (TPSA) is 36.4 Å². The molecule has 0 radical (unpaired) electrons. The molecule has 1 rings (SSSR count). The molecule has 1 atom stereocenters. The van der Waals surface area contributed by atoms with Gasteiger partial charge in [-0.05, 0) is 12.5 Å². The van der Waals surface area contributed by atoms with Gasteiger partial charge in [-0.2, -0.15) is 0 Å². The summed E-state index contributed by atoms with van der Waals surface area (Å²) in [6, 6.07) is 0.146. The van der Waals surface area contributed by atoms with Crippen LogP contribution in [0.4, 0.5) is 0 Å². The number of aromatic nitrogens is 1. The van der Waals surface area contributed by atoms with Crippen LogP contribution >= 0.6 is 11.3 Å². The lowest BCUT2D eigenvalue weighted by molar-refractivity contribution is 0.0607. The smallest absolute Gasteiger partial charge is 0.0982 e. The quantitative estimate of drug-likeness (QED) is 0.922. The zero-order valence-electron chi connectivity index (χ0n) is 13.3. The molecule has 0 amide bonds. The summed E-state index contributed by atoms with van der Waals surface area (Å²) < 4.78 is 0. The second-order valence-electron chi connectivity index (χ2n) is 7.37. The van der Waals surface area contributed by atoms with E-state index in [2.05, 4.69) is 58.9 Å². The van der Waals surface area contributed by atoms with E-state index in [0.717, 1.165) is 12.2 Å². The molecule has 0 fully saturated rings. The van der Waals surface area contributed by atoms with Gasteiger partial charge in [0.2, 0.25) is 0 Å². The third-order valence-electron chi connectivity index (χ3n) is 3.31. The third-order valence-corrected chi connectivity index (χ3v) is 4.63. The number of aliphatic hydroxyl groups excluding tert-OH is 1. The summed E-state index contributed by atoms with van der Waals surface area (Å²) in [4.78, 5) is 6.91. The largest absolute Gasteiger partial charge is 0.395 e. The van der Waals surface area contributed by atoms with Crippen molar-refractivity contribution in [2.24, 2.45) is 5.41 Å².